The molecule has 1 unspecified atom stereocenters. The smallest absolute Gasteiger partial charge is 0.335 e. The van der Waals surface area contributed by atoms with Gasteiger partial charge in [0.25, 0.3) is 0 Å². The van der Waals surface area contributed by atoms with E-state index in [4.69, 9.17) is 9.47 Å². The Balaban J connectivity index is 3.84. The summed E-state index contributed by atoms with van der Waals surface area (Å²) in [6, 6.07) is 0. The Kier molecular flexibility index (Phi) is 6.72. The fourth-order valence-electron chi connectivity index (χ4n) is 1.01. The molecule has 0 radical (unpaired) electrons. The second-order valence-corrected chi connectivity index (χ2v) is 4.08. The molecule has 16 heavy (non-hydrogen) atoms. The van der Waals surface area contributed by atoms with Crippen molar-refractivity contribution in [2.45, 2.75) is 58.8 Å². The highest BCUT2D eigenvalue weighted by molar-refractivity contribution is 5.76. The highest BCUT2D eigenvalue weighted by Gasteiger charge is 2.19. The van der Waals surface area contributed by atoms with Gasteiger partial charge in [-0.1, -0.05) is 0 Å². The van der Waals surface area contributed by atoms with Gasteiger partial charge in [0.2, 0.25) is 0 Å². The summed E-state index contributed by atoms with van der Waals surface area (Å²) in [5, 5.41) is 9.37. The maximum Gasteiger partial charge on any atom is 0.335 e. The molecule has 1 atom stereocenters. The van der Waals surface area contributed by atoms with Crippen LogP contribution in [-0.4, -0.2) is 35.4 Å². The number of aliphatic hydroxyl groups is 1. The van der Waals surface area contributed by atoms with Gasteiger partial charge in [-0.3, -0.25) is 4.79 Å². The van der Waals surface area contributed by atoms with E-state index in [1.165, 1.54) is 0 Å². The molecule has 0 aromatic rings. The van der Waals surface area contributed by atoms with E-state index in [2.05, 4.69) is 0 Å². The Hall–Kier alpha value is -1.10. The van der Waals surface area contributed by atoms with Crippen LogP contribution < -0.4 is 0 Å². The molecule has 0 aromatic carbocycles. The normalized spacial score (nSPS) is 12.7. The van der Waals surface area contributed by atoms with Gasteiger partial charge >= 0.3 is 11.9 Å². The number of hydrogen-bond acceptors (Lipinski definition) is 5. The SMILES string of the molecule is CC(C)OC(=O)CCC(O)C(=O)OC(C)C. The molecule has 5 nitrogen and oxygen atoms in total. The Morgan fingerprint density at radius 1 is 1.06 bits per heavy atom. The molecule has 0 fully saturated rings. The van der Waals surface area contributed by atoms with E-state index in [-0.39, 0.29) is 25.0 Å². The van der Waals surface area contributed by atoms with Crippen molar-refractivity contribution in [3.8, 4) is 0 Å². The van der Waals surface area contributed by atoms with E-state index >= 15 is 0 Å². The molecule has 94 valence electrons. The van der Waals surface area contributed by atoms with Crippen molar-refractivity contribution in [1.29, 1.82) is 0 Å². The van der Waals surface area contributed by atoms with Crippen LogP contribution in [0, 0.1) is 0 Å². The predicted octanol–water partition coefficient (Wildman–Crippen LogP) is 1.03. The summed E-state index contributed by atoms with van der Waals surface area (Å²) < 4.78 is 9.64. The van der Waals surface area contributed by atoms with Gasteiger partial charge in [0.1, 0.15) is 0 Å². The van der Waals surface area contributed by atoms with E-state index in [1.807, 2.05) is 0 Å². The standard InChI is InChI=1S/C11H20O5/c1-7(2)15-10(13)6-5-9(12)11(14)16-8(3)4/h7-9,12H,5-6H2,1-4H3. The Bertz CT molecular complexity index is 235. The van der Waals surface area contributed by atoms with Crippen molar-refractivity contribution in [3.63, 3.8) is 0 Å². The fourth-order valence-corrected chi connectivity index (χ4v) is 1.01. The van der Waals surface area contributed by atoms with Crippen LogP contribution in [0.1, 0.15) is 40.5 Å². The van der Waals surface area contributed by atoms with Crippen molar-refractivity contribution in [2.24, 2.45) is 0 Å². The number of carbonyl (C=O) groups is 2. The summed E-state index contributed by atoms with van der Waals surface area (Å²) in [7, 11) is 0. The lowest BCUT2D eigenvalue weighted by molar-refractivity contribution is -0.158. The summed E-state index contributed by atoms with van der Waals surface area (Å²) in [4.78, 5) is 22.3. The van der Waals surface area contributed by atoms with E-state index in [0.717, 1.165) is 0 Å². The molecule has 0 saturated heterocycles. The minimum absolute atomic E-state index is 0.00649. The fraction of sp³-hybridized carbons (Fsp3) is 0.818. The van der Waals surface area contributed by atoms with Crippen molar-refractivity contribution >= 4 is 11.9 Å². The Labute approximate surface area is 95.7 Å². The molecule has 1 N–H and O–H groups in total. The third-order valence-corrected chi connectivity index (χ3v) is 1.61. The van der Waals surface area contributed by atoms with E-state index in [0.29, 0.717) is 0 Å². The largest absolute Gasteiger partial charge is 0.463 e. The monoisotopic (exact) mass is 232 g/mol. The summed E-state index contributed by atoms with van der Waals surface area (Å²) in [6.45, 7) is 6.86. The van der Waals surface area contributed by atoms with E-state index in [1.54, 1.807) is 27.7 Å². The minimum atomic E-state index is -1.26. The first-order valence-corrected chi connectivity index (χ1v) is 5.41. The molecule has 0 amide bonds. The molecule has 5 heteroatoms. The number of ether oxygens (including phenoxy) is 2. The highest BCUT2D eigenvalue weighted by atomic mass is 16.6. The van der Waals surface area contributed by atoms with Crippen LogP contribution in [0.4, 0.5) is 0 Å². The molecule has 0 spiro atoms. The molecule has 0 aliphatic heterocycles. The summed E-state index contributed by atoms with van der Waals surface area (Å²) >= 11 is 0. The molecule has 0 heterocycles. The lowest BCUT2D eigenvalue weighted by Gasteiger charge is -2.13. The minimum Gasteiger partial charge on any atom is -0.463 e. The quantitative estimate of drug-likeness (QED) is 0.692. The van der Waals surface area contributed by atoms with Crippen LogP contribution in [0.3, 0.4) is 0 Å². The number of aliphatic hydroxyl groups excluding tert-OH is 1. The van der Waals surface area contributed by atoms with Gasteiger partial charge in [-0.25, -0.2) is 4.79 Å². The lowest BCUT2D eigenvalue weighted by atomic mass is 10.2. The van der Waals surface area contributed by atoms with Crippen molar-refractivity contribution in [2.75, 3.05) is 0 Å². The number of esters is 2. The molecule has 0 rings (SSSR count). The molecule has 0 aliphatic rings. The Morgan fingerprint density at radius 2 is 1.56 bits per heavy atom. The maximum absolute atomic E-state index is 11.2. The molecule has 0 bridgehead atoms. The zero-order valence-electron chi connectivity index (χ0n) is 10.2. The topological polar surface area (TPSA) is 72.8 Å². The van der Waals surface area contributed by atoms with E-state index < -0.39 is 18.0 Å². The summed E-state index contributed by atoms with van der Waals surface area (Å²) in [5.74, 6) is -1.13. The second kappa shape index (κ2) is 7.22. The van der Waals surface area contributed by atoms with Crippen LogP contribution in [-0.2, 0) is 19.1 Å². The van der Waals surface area contributed by atoms with Gasteiger partial charge in [0.15, 0.2) is 6.10 Å². The zero-order valence-corrected chi connectivity index (χ0v) is 10.2. The van der Waals surface area contributed by atoms with Crippen LogP contribution in [0.5, 0.6) is 0 Å². The molecule has 0 aromatic heterocycles. The van der Waals surface area contributed by atoms with E-state index in [9.17, 15) is 14.7 Å². The van der Waals surface area contributed by atoms with Crippen LogP contribution in [0.25, 0.3) is 0 Å². The first kappa shape index (κ1) is 14.9. The van der Waals surface area contributed by atoms with Crippen LogP contribution >= 0.6 is 0 Å². The third kappa shape index (κ3) is 7.23. The highest BCUT2D eigenvalue weighted by Crippen LogP contribution is 2.04. The first-order chi connectivity index (χ1) is 7.32. The number of carbonyl (C=O) groups excluding carboxylic acids is 2. The van der Waals surface area contributed by atoms with Crippen LogP contribution in [0.2, 0.25) is 0 Å². The maximum atomic E-state index is 11.2. The third-order valence-electron chi connectivity index (χ3n) is 1.61. The molecule has 0 aliphatic carbocycles. The van der Waals surface area contributed by atoms with Gasteiger partial charge in [-0.2, -0.15) is 0 Å². The number of hydrogen-bond donors (Lipinski definition) is 1. The summed E-state index contributed by atoms with van der Waals surface area (Å²) in [6.07, 6.45) is -1.69. The average molecular weight is 232 g/mol. The van der Waals surface area contributed by atoms with Gasteiger partial charge in [0, 0.05) is 6.42 Å². The van der Waals surface area contributed by atoms with Crippen molar-refractivity contribution < 1.29 is 24.2 Å². The molecular weight excluding hydrogens is 212 g/mol. The van der Waals surface area contributed by atoms with Gasteiger partial charge < -0.3 is 14.6 Å². The molecule has 0 saturated carbocycles. The van der Waals surface area contributed by atoms with Crippen LogP contribution in [0.15, 0.2) is 0 Å². The van der Waals surface area contributed by atoms with Gasteiger partial charge in [-0.15, -0.1) is 0 Å². The lowest BCUT2D eigenvalue weighted by Crippen LogP contribution is -2.26. The van der Waals surface area contributed by atoms with Crippen molar-refractivity contribution in [1.82, 2.24) is 0 Å². The van der Waals surface area contributed by atoms with Gasteiger partial charge in [-0.05, 0) is 34.1 Å². The van der Waals surface area contributed by atoms with Gasteiger partial charge in [0.05, 0.1) is 12.2 Å². The summed E-state index contributed by atoms with van der Waals surface area (Å²) in [5.41, 5.74) is 0. The zero-order chi connectivity index (χ0) is 12.7. The Morgan fingerprint density at radius 3 is 2.00 bits per heavy atom. The first-order valence-electron chi connectivity index (χ1n) is 5.41. The molecular formula is C11H20O5. The second-order valence-electron chi connectivity index (χ2n) is 4.08. The number of rotatable bonds is 6. The van der Waals surface area contributed by atoms with Crippen molar-refractivity contribution in [3.05, 3.63) is 0 Å². The predicted molar refractivity (Wildman–Crippen MR) is 57.7 cm³/mol. The average Bonchev–Trinajstić information content (AvgIpc) is 2.11.